The van der Waals surface area contributed by atoms with Crippen molar-refractivity contribution in [3.8, 4) is 22.8 Å². The minimum atomic E-state index is -0.508. The number of fused-ring (bicyclic) bond motifs is 1. The third-order valence-electron chi connectivity index (χ3n) is 5.55. The van der Waals surface area contributed by atoms with Gasteiger partial charge < -0.3 is 25.1 Å². The van der Waals surface area contributed by atoms with Gasteiger partial charge >= 0.3 is 0 Å². The first-order chi connectivity index (χ1) is 16.7. The number of ether oxygens (including phenoxy) is 2. The quantitative estimate of drug-likeness (QED) is 0.382. The number of aromatic amines is 1. The van der Waals surface area contributed by atoms with E-state index < -0.39 is 5.82 Å². The van der Waals surface area contributed by atoms with Crippen LogP contribution in [0.1, 0.15) is 21.7 Å². The molecule has 1 amide bonds. The van der Waals surface area contributed by atoms with Gasteiger partial charge in [0.2, 0.25) is 0 Å². The molecule has 34 heavy (non-hydrogen) atoms. The van der Waals surface area contributed by atoms with Crippen molar-refractivity contribution >= 4 is 17.3 Å². The monoisotopic (exact) mass is 459 g/mol. The maximum atomic E-state index is 14.4. The number of anilines is 2. The zero-order valence-electron chi connectivity index (χ0n) is 18.4. The molecule has 0 unspecified atom stereocenters. The van der Waals surface area contributed by atoms with Crippen LogP contribution in [-0.4, -0.2) is 34.5 Å². The van der Waals surface area contributed by atoms with Gasteiger partial charge in [-0.15, -0.1) is 0 Å². The predicted molar refractivity (Wildman–Crippen MR) is 125 cm³/mol. The summed E-state index contributed by atoms with van der Waals surface area (Å²) in [6, 6.07) is 12.0. The molecule has 4 heterocycles. The van der Waals surface area contributed by atoms with E-state index in [1.165, 1.54) is 13.2 Å². The fourth-order valence-corrected chi connectivity index (χ4v) is 3.99. The van der Waals surface area contributed by atoms with E-state index in [-0.39, 0.29) is 18.3 Å². The lowest BCUT2D eigenvalue weighted by molar-refractivity contribution is 0.0947. The van der Waals surface area contributed by atoms with Gasteiger partial charge in [-0.3, -0.25) is 14.8 Å². The summed E-state index contributed by atoms with van der Waals surface area (Å²) < 4.78 is 25.7. The Morgan fingerprint density at radius 2 is 2.06 bits per heavy atom. The number of carbonyl (C=O) groups excluding carboxylic acids is 1. The van der Waals surface area contributed by atoms with Crippen LogP contribution in [0.2, 0.25) is 0 Å². The zero-order chi connectivity index (χ0) is 23.5. The van der Waals surface area contributed by atoms with Crippen LogP contribution in [0.3, 0.4) is 0 Å². The second-order valence-electron chi connectivity index (χ2n) is 7.66. The average Bonchev–Trinajstić information content (AvgIpc) is 3.23. The number of halogens is 1. The molecule has 1 aliphatic heterocycles. The lowest BCUT2D eigenvalue weighted by Gasteiger charge is -2.17. The molecular weight excluding hydrogens is 437 g/mol. The second kappa shape index (κ2) is 9.22. The molecule has 0 aliphatic carbocycles. The van der Waals surface area contributed by atoms with E-state index >= 15 is 0 Å². The van der Waals surface area contributed by atoms with Gasteiger partial charge in [-0.2, -0.15) is 0 Å². The lowest BCUT2D eigenvalue weighted by Crippen LogP contribution is -2.31. The van der Waals surface area contributed by atoms with Crippen LogP contribution in [0.15, 0.2) is 61.1 Å². The van der Waals surface area contributed by atoms with Gasteiger partial charge in [0.1, 0.15) is 12.4 Å². The number of pyridine rings is 2. The zero-order valence-corrected chi connectivity index (χ0v) is 18.4. The molecule has 0 saturated heterocycles. The smallest absolute Gasteiger partial charge is 0.255 e. The van der Waals surface area contributed by atoms with Crippen molar-refractivity contribution in [2.45, 2.75) is 13.0 Å². The number of carbonyl (C=O) groups is 1. The molecule has 8 nitrogen and oxygen atoms in total. The number of methoxy groups -OCH3 is 1. The van der Waals surface area contributed by atoms with E-state index in [0.717, 1.165) is 11.4 Å². The summed E-state index contributed by atoms with van der Waals surface area (Å²) in [6.07, 6.45) is 5.60. The van der Waals surface area contributed by atoms with E-state index in [2.05, 4.69) is 25.6 Å². The number of benzene rings is 1. The normalized spacial score (nSPS) is 12.6. The van der Waals surface area contributed by atoms with Gasteiger partial charge in [0.15, 0.2) is 11.6 Å². The molecule has 4 aromatic rings. The number of hydrogen-bond donors (Lipinski definition) is 3. The van der Waals surface area contributed by atoms with E-state index in [0.29, 0.717) is 46.9 Å². The Labute approximate surface area is 195 Å². The van der Waals surface area contributed by atoms with Crippen molar-refractivity contribution in [3.63, 3.8) is 0 Å². The van der Waals surface area contributed by atoms with Gasteiger partial charge in [-0.25, -0.2) is 4.39 Å². The lowest BCUT2D eigenvalue weighted by atomic mass is 10.0. The number of H-pyrrole nitrogens is 1. The van der Waals surface area contributed by atoms with Crippen LogP contribution in [0.4, 0.5) is 15.8 Å². The fraction of sp³-hybridized carbons (Fsp3) is 0.160. The summed E-state index contributed by atoms with van der Waals surface area (Å²) in [6.45, 7) is 0.773. The van der Waals surface area contributed by atoms with E-state index in [4.69, 9.17) is 9.47 Å². The van der Waals surface area contributed by atoms with Gasteiger partial charge in [-0.1, -0.05) is 12.1 Å². The van der Waals surface area contributed by atoms with Crippen LogP contribution in [0.5, 0.6) is 11.5 Å². The summed E-state index contributed by atoms with van der Waals surface area (Å²) >= 11 is 0. The maximum absolute atomic E-state index is 14.4. The average molecular weight is 459 g/mol. The van der Waals surface area contributed by atoms with Crippen molar-refractivity contribution < 1.29 is 18.7 Å². The SMILES string of the molecule is COc1c(F)cccc1Nc1c(-c2ccncc2OCc2ccccn2)[nH]c2c1C(=O)NCC2. The molecule has 0 bridgehead atoms. The van der Waals surface area contributed by atoms with Crippen molar-refractivity contribution in [2.24, 2.45) is 0 Å². The molecule has 0 spiro atoms. The molecule has 172 valence electrons. The Hall–Kier alpha value is -4.40. The molecule has 0 saturated carbocycles. The van der Waals surface area contributed by atoms with Crippen molar-refractivity contribution in [2.75, 3.05) is 19.0 Å². The number of nitrogens with zero attached hydrogens (tertiary/aromatic N) is 2. The number of nitrogens with one attached hydrogen (secondary N) is 3. The van der Waals surface area contributed by atoms with Gasteiger partial charge in [0.05, 0.1) is 41.6 Å². The summed E-state index contributed by atoms with van der Waals surface area (Å²) in [5, 5.41) is 6.10. The molecule has 3 N–H and O–H groups in total. The Bertz CT molecular complexity index is 1340. The summed E-state index contributed by atoms with van der Waals surface area (Å²) in [5.41, 5.74) is 4.26. The van der Waals surface area contributed by atoms with Crippen molar-refractivity contribution in [1.82, 2.24) is 20.3 Å². The predicted octanol–water partition coefficient (Wildman–Crippen LogP) is 4.23. The number of para-hydroxylation sites is 1. The summed E-state index contributed by atoms with van der Waals surface area (Å²) in [7, 11) is 1.40. The Kier molecular flexibility index (Phi) is 5.82. The highest BCUT2D eigenvalue weighted by Gasteiger charge is 2.29. The standard InChI is InChI=1S/C25H22FN5O3/c1-33-24-17(26)6-4-7-19(24)31-23-21-18(9-12-29-25(21)32)30-22(23)16-8-11-27-13-20(16)34-14-15-5-2-3-10-28-15/h2-8,10-11,13,30-31H,9,12,14H2,1H3,(H,29,32). The minimum absolute atomic E-state index is 0.0565. The van der Waals surface area contributed by atoms with Crippen LogP contribution >= 0.6 is 0 Å². The molecule has 1 aliphatic rings. The maximum Gasteiger partial charge on any atom is 0.255 e. The van der Waals surface area contributed by atoms with Crippen molar-refractivity contribution in [1.29, 1.82) is 0 Å². The molecule has 0 atom stereocenters. The van der Waals surface area contributed by atoms with E-state index in [1.807, 2.05) is 18.2 Å². The van der Waals surface area contributed by atoms with E-state index in [1.54, 1.807) is 36.8 Å². The third-order valence-corrected chi connectivity index (χ3v) is 5.55. The van der Waals surface area contributed by atoms with E-state index in [9.17, 15) is 9.18 Å². The number of aromatic nitrogens is 3. The summed E-state index contributed by atoms with van der Waals surface area (Å²) in [4.78, 5) is 24.7. The molecule has 5 rings (SSSR count). The Balaban J connectivity index is 1.59. The highest BCUT2D eigenvalue weighted by molar-refractivity contribution is 6.06. The first-order valence-corrected chi connectivity index (χ1v) is 10.8. The third kappa shape index (κ3) is 4.03. The minimum Gasteiger partial charge on any atom is -0.492 e. The largest absolute Gasteiger partial charge is 0.492 e. The Morgan fingerprint density at radius 3 is 2.88 bits per heavy atom. The van der Waals surface area contributed by atoms with Crippen LogP contribution in [0, 0.1) is 5.82 Å². The molecule has 9 heteroatoms. The molecule has 1 aromatic carbocycles. The molecular formula is C25H22FN5O3. The molecule has 3 aromatic heterocycles. The fourth-order valence-electron chi connectivity index (χ4n) is 3.99. The number of hydrogen-bond acceptors (Lipinski definition) is 6. The Morgan fingerprint density at radius 1 is 1.15 bits per heavy atom. The van der Waals surface area contributed by atoms with Crippen molar-refractivity contribution in [3.05, 3.63) is 83.8 Å². The summed E-state index contributed by atoms with van der Waals surface area (Å²) in [5.74, 6) is -0.153. The van der Waals surface area contributed by atoms with Gasteiger partial charge in [0.25, 0.3) is 5.91 Å². The first-order valence-electron chi connectivity index (χ1n) is 10.8. The highest BCUT2D eigenvalue weighted by Crippen LogP contribution is 2.42. The number of amides is 1. The molecule has 0 radical (unpaired) electrons. The van der Waals surface area contributed by atoms with Crippen LogP contribution in [-0.2, 0) is 13.0 Å². The highest BCUT2D eigenvalue weighted by atomic mass is 19.1. The topological polar surface area (TPSA) is 101 Å². The molecule has 0 fully saturated rings. The van der Waals surface area contributed by atoms with Gasteiger partial charge in [0, 0.05) is 36.6 Å². The van der Waals surface area contributed by atoms with Gasteiger partial charge in [-0.05, 0) is 30.3 Å². The number of rotatable bonds is 7. The van der Waals surface area contributed by atoms with Crippen LogP contribution in [0.25, 0.3) is 11.3 Å². The second-order valence-corrected chi connectivity index (χ2v) is 7.66. The van der Waals surface area contributed by atoms with Crippen LogP contribution < -0.4 is 20.1 Å². The first kappa shape index (κ1) is 21.4.